The summed E-state index contributed by atoms with van der Waals surface area (Å²) in [5.41, 5.74) is -0.814. The Labute approximate surface area is 80.9 Å². The predicted octanol–water partition coefficient (Wildman–Crippen LogP) is 2.93. The van der Waals surface area contributed by atoms with Gasteiger partial charge >= 0.3 is 0 Å². The van der Waals surface area contributed by atoms with Crippen LogP contribution >= 0.6 is 15.9 Å². The third-order valence-electron chi connectivity index (χ3n) is 1.38. The highest BCUT2D eigenvalue weighted by atomic mass is 79.9. The van der Waals surface area contributed by atoms with E-state index in [4.69, 9.17) is 0 Å². The van der Waals surface area contributed by atoms with Crippen molar-refractivity contribution in [3.63, 3.8) is 0 Å². The topological polar surface area (TPSA) is 22.1 Å². The first kappa shape index (κ1) is 10.3. The van der Waals surface area contributed by atoms with E-state index in [2.05, 4.69) is 25.7 Å². The van der Waals surface area contributed by atoms with Gasteiger partial charge in [-0.05, 0) is 15.9 Å². The van der Waals surface area contributed by atoms with E-state index in [1.807, 2.05) is 0 Å². The Morgan fingerprint density at radius 3 is 2.62 bits per heavy atom. The number of pyridine rings is 1. The third-order valence-corrected chi connectivity index (χ3v) is 1.79. The van der Waals surface area contributed by atoms with Crippen LogP contribution in [0.5, 0.6) is 5.75 Å². The van der Waals surface area contributed by atoms with Crippen molar-refractivity contribution >= 4 is 15.9 Å². The van der Waals surface area contributed by atoms with E-state index in [9.17, 15) is 13.2 Å². The lowest BCUT2D eigenvalue weighted by Gasteiger charge is -2.07. The summed E-state index contributed by atoms with van der Waals surface area (Å²) in [5, 5.41) is 0. The van der Waals surface area contributed by atoms with Gasteiger partial charge in [-0.25, -0.2) is 13.8 Å². The summed E-state index contributed by atoms with van der Waals surface area (Å²) in [6.45, 7) is 0. The number of halogens is 4. The maximum Gasteiger partial charge on any atom is 0.271 e. The van der Waals surface area contributed by atoms with E-state index in [0.717, 1.165) is 0 Å². The van der Waals surface area contributed by atoms with E-state index < -0.39 is 17.9 Å². The van der Waals surface area contributed by atoms with Gasteiger partial charge in [0.1, 0.15) is 15.9 Å². The zero-order valence-corrected chi connectivity index (χ0v) is 8.11. The molecule has 0 fully saturated rings. The molecule has 13 heavy (non-hydrogen) atoms. The van der Waals surface area contributed by atoms with Crippen LogP contribution in [0.2, 0.25) is 0 Å². The van der Waals surface area contributed by atoms with Gasteiger partial charge < -0.3 is 4.74 Å². The van der Waals surface area contributed by atoms with E-state index >= 15 is 0 Å². The van der Waals surface area contributed by atoms with Gasteiger partial charge in [-0.15, -0.1) is 0 Å². The molecule has 1 heterocycles. The zero-order chi connectivity index (χ0) is 10.0. The maximum atomic E-state index is 12.8. The van der Waals surface area contributed by atoms with Crippen molar-refractivity contribution in [1.82, 2.24) is 4.98 Å². The summed E-state index contributed by atoms with van der Waals surface area (Å²) < 4.78 is 42.0. The van der Waals surface area contributed by atoms with Crippen LogP contribution in [-0.2, 0) is 0 Å². The molecule has 0 unspecified atom stereocenters. The highest BCUT2D eigenvalue weighted by Gasteiger charge is 2.21. The monoisotopic (exact) mass is 255 g/mol. The number of methoxy groups -OCH3 is 1. The molecular weight excluding hydrogens is 251 g/mol. The Morgan fingerprint density at radius 1 is 1.54 bits per heavy atom. The standard InChI is InChI=1S/C7H5BrF3NO/c1-13-3-2-4(8)12-7(11)5(3)6(9)10/h2,6H,1H3. The molecule has 0 aliphatic heterocycles. The summed E-state index contributed by atoms with van der Waals surface area (Å²) >= 11 is 2.86. The minimum absolute atomic E-state index is 0.117. The lowest BCUT2D eigenvalue weighted by molar-refractivity contribution is 0.140. The number of hydrogen-bond acceptors (Lipinski definition) is 2. The van der Waals surface area contributed by atoms with Crippen molar-refractivity contribution < 1.29 is 17.9 Å². The Hall–Kier alpha value is -0.780. The van der Waals surface area contributed by atoms with Crippen molar-refractivity contribution in [3.05, 3.63) is 22.2 Å². The van der Waals surface area contributed by atoms with Gasteiger partial charge in [0.15, 0.2) is 0 Å². The predicted molar refractivity (Wildman–Crippen MR) is 43.4 cm³/mol. The normalized spacial score (nSPS) is 10.6. The molecule has 6 heteroatoms. The minimum atomic E-state index is -2.93. The second-order valence-corrected chi connectivity index (χ2v) is 2.96. The smallest absolute Gasteiger partial charge is 0.271 e. The van der Waals surface area contributed by atoms with Gasteiger partial charge in [0, 0.05) is 6.07 Å². The average molecular weight is 256 g/mol. The maximum absolute atomic E-state index is 12.8. The van der Waals surface area contributed by atoms with Crippen LogP contribution in [0.3, 0.4) is 0 Å². The van der Waals surface area contributed by atoms with E-state index in [0.29, 0.717) is 0 Å². The van der Waals surface area contributed by atoms with E-state index in [-0.39, 0.29) is 10.4 Å². The van der Waals surface area contributed by atoms with Crippen molar-refractivity contribution in [2.45, 2.75) is 6.43 Å². The first-order valence-electron chi connectivity index (χ1n) is 3.24. The van der Waals surface area contributed by atoms with Crippen LogP contribution in [0.4, 0.5) is 13.2 Å². The van der Waals surface area contributed by atoms with Crippen LogP contribution in [0.15, 0.2) is 10.7 Å². The molecule has 0 aliphatic rings. The molecule has 0 amide bonds. The molecule has 1 rings (SSSR count). The lowest BCUT2D eigenvalue weighted by atomic mass is 10.2. The number of ether oxygens (including phenoxy) is 1. The summed E-state index contributed by atoms with van der Waals surface area (Å²) in [6.07, 6.45) is -2.93. The van der Waals surface area contributed by atoms with E-state index in [1.165, 1.54) is 13.2 Å². The molecule has 0 atom stereocenters. The number of rotatable bonds is 2. The highest BCUT2D eigenvalue weighted by molar-refractivity contribution is 9.10. The van der Waals surface area contributed by atoms with Gasteiger partial charge in [0.05, 0.1) is 7.11 Å². The lowest BCUT2D eigenvalue weighted by Crippen LogP contribution is -1.99. The molecule has 0 saturated carbocycles. The van der Waals surface area contributed by atoms with Crippen molar-refractivity contribution in [2.75, 3.05) is 7.11 Å². The molecule has 0 aliphatic carbocycles. The van der Waals surface area contributed by atoms with Gasteiger partial charge in [-0.3, -0.25) is 0 Å². The fourth-order valence-corrected chi connectivity index (χ4v) is 1.20. The summed E-state index contributed by atoms with van der Waals surface area (Å²) in [6, 6.07) is 1.19. The zero-order valence-electron chi connectivity index (χ0n) is 6.52. The van der Waals surface area contributed by atoms with Gasteiger partial charge in [-0.2, -0.15) is 4.39 Å². The van der Waals surface area contributed by atoms with Crippen molar-refractivity contribution in [2.24, 2.45) is 0 Å². The van der Waals surface area contributed by atoms with Crippen LogP contribution in [0.1, 0.15) is 12.0 Å². The third kappa shape index (κ3) is 2.12. The summed E-state index contributed by atoms with van der Waals surface area (Å²) in [7, 11) is 1.19. The molecular formula is C7H5BrF3NO. The van der Waals surface area contributed by atoms with Crippen LogP contribution in [-0.4, -0.2) is 12.1 Å². The minimum Gasteiger partial charge on any atom is -0.496 e. The fraction of sp³-hybridized carbons (Fsp3) is 0.286. The van der Waals surface area contributed by atoms with Crippen molar-refractivity contribution in [3.8, 4) is 5.75 Å². The molecule has 0 spiro atoms. The molecule has 1 aromatic rings. The summed E-state index contributed by atoms with van der Waals surface area (Å²) in [4.78, 5) is 3.19. The number of aromatic nitrogens is 1. The van der Waals surface area contributed by atoms with Crippen molar-refractivity contribution in [1.29, 1.82) is 0 Å². The molecule has 0 N–H and O–H groups in total. The molecule has 0 aromatic carbocycles. The first-order valence-corrected chi connectivity index (χ1v) is 4.03. The Bertz CT molecular complexity index is 319. The molecule has 72 valence electrons. The van der Waals surface area contributed by atoms with Crippen LogP contribution in [0.25, 0.3) is 0 Å². The number of nitrogens with zero attached hydrogens (tertiary/aromatic N) is 1. The van der Waals surface area contributed by atoms with Gasteiger partial charge in [0.25, 0.3) is 6.43 Å². The fourth-order valence-electron chi connectivity index (χ4n) is 0.840. The Kier molecular flexibility index (Phi) is 3.13. The highest BCUT2D eigenvalue weighted by Crippen LogP contribution is 2.32. The second-order valence-electron chi connectivity index (χ2n) is 2.15. The second kappa shape index (κ2) is 3.95. The first-order chi connectivity index (χ1) is 6.06. The van der Waals surface area contributed by atoms with Crippen LogP contribution in [0, 0.1) is 5.95 Å². The largest absolute Gasteiger partial charge is 0.496 e. The average Bonchev–Trinajstić information content (AvgIpc) is 2.01. The number of alkyl halides is 2. The Balaban J connectivity index is 3.30. The van der Waals surface area contributed by atoms with Gasteiger partial charge in [0.2, 0.25) is 5.95 Å². The molecule has 2 nitrogen and oxygen atoms in total. The van der Waals surface area contributed by atoms with Crippen LogP contribution < -0.4 is 4.74 Å². The van der Waals surface area contributed by atoms with Gasteiger partial charge in [-0.1, -0.05) is 0 Å². The Morgan fingerprint density at radius 2 is 2.15 bits per heavy atom. The molecule has 1 aromatic heterocycles. The van der Waals surface area contributed by atoms with E-state index in [1.54, 1.807) is 0 Å². The molecule has 0 radical (unpaired) electrons. The quantitative estimate of drug-likeness (QED) is 0.759. The SMILES string of the molecule is COc1cc(Br)nc(F)c1C(F)F. The molecule has 0 bridgehead atoms. The summed E-state index contributed by atoms with van der Waals surface area (Å²) in [5.74, 6) is -1.43. The number of hydrogen-bond donors (Lipinski definition) is 0. The molecule has 0 saturated heterocycles.